The van der Waals surface area contributed by atoms with Gasteiger partial charge in [-0.2, -0.15) is 0 Å². The van der Waals surface area contributed by atoms with E-state index in [9.17, 15) is 9.59 Å². The lowest BCUT2D eigenvalue weighted by Crippen LogP contribution is -2.15. The number of carbonyl (C=O) groups is 2. The minimum absolute atomic E-state index is 0.254. The third kappa shape index (κ3) is 3.89. The Morgan fingerprint density at radius 1 is 1.15 bits per heavy atom. The summed E-state index contributed by atoms with van der Waals surface area (Å²) in [6, 6.07) is 12.8. The van der Waals surface area contributed by atoms with Crippen LogP contribution >= 0.6 is 0 Å². The molecular weight excluding hydrogens is 342 g/mol. The fourth-order valence-corrected chi connectivity index (χ4v) is 2.94. The number of aromatic nitrogens is 1. The first kappa shape index (κ1) is 18.4. The third-order valence-electron chi connectivity index (χ3n) is 4.17. The molecule has 1 aromatic heterocycles. The number of pyridine rings is 1. The Bertz CT molecular complexity index is 1040. The summed E-state index contributed by atoms with van der Waals surface area (Å²) in [6.45, 7) is 5.88. The molecule has 0 saturated carbocycles. The number of rotatable bonds is 5. The Balaban J connectivity index is 2.13. The molecule has 0 aliphatic heterocycles. The van der Waals surface area contributed by atoms with Gasteiger partial charge in [0.25, 0.3) is 5.91 Å². The van der Waals surface area contributed by atoms with Crippen molar-refractivity contribution in [3.63, 3.8) is 0 Å². The first-order valence-corrected chi connectivity index (χ1v) is 8.65. The van der Waals surface area contributed by atoms with E-state index in [2.05, 4.69) is 10.3 Å². The van der Waals surface area contributed by atoms with Crippen LogP contribution in [-0.2, 0) is 4.74 Å². The Morgan fingerprint density at radius 2 is 1.93 bits per heavy atom. The molecule has 3 aromatic rings. The van der Waals surface area contributed by atoms with Crippen LogP contribution in [-0.4, -0.2) is 23.5 Å². The van der Waals surface area contributed by atoms with Crippen LogP contribution in [0.5, 0.6) is 0 Å². The van der Waals surface area contributed by atoms with Gasteiger partial charge in [0.2, 0.25) is 0 Å². The maximum absolute atomic E-state index is 12.1. The highest BCUT2D eigenvalue weighted by atomic mass is 16.5. The average Bonchev–Trinajstić information content (AvgIpc) is 2.61. The number of aryl methyl sites for hydroxylation is 2. The fraction of sp³-hybridized carbons (Fsp3) is 0.190. The van der Waals surface area contributed by atoms with Crippen LogP contribution in [0.2, 0.25) is 0 Å². The molecule has 3 rings (SSSR count). The van der Waals surface area contributed by atoms with Crippen LogP contribution in [0, 0.1) is 13.8 Å². The number of nitrogens with one attached hydrogen (secondary N) is 1. The van der Waals surface area contributed by atoms with Crippen LogP contribution < -0.4 is 11.1 Å². The van der Waals surface area contributed by atoms with Gasteiger partial charge in [-0.25, -0.2) is 9.78 Å². The van der Waals surface area contributed by atoms with Crippen LogP contribution in [0.25, 0.3) is 10.9 Å². The van der Waals surface area contributed by atoms with E-state index >= 15 is 0 Å². The summed E-state index contributed by atoms with van der Waals surface area (Å²) in [5.41, 5.74) is 9.61. The molecule has 0 aliphatic carbocycles. The molecule has 27 heavy (non-hydrogen) atoms. The van der Waals surface area contributed by atoms with Gasteiger partial charge >= 0.3 is 5.97 Å². The number of amides is 1. The molecule has 0 aliphatic rings. The van der Waals surface area contributed by atoms with Gasteiger partial charge in [-0.15, -0.1) is 0 Å². The van der Waals surface area contributed by atoms with Crippen molar-refractivity contribution >= 4 is 34.3 Å². The van der Waals surface area contributed by atoms with E-state index < -0.39 is 11.9 Å². The number of ether oxygens (including phenoxy) is 1. The zero-order valence-electron chi connectivity index (χ0n) is 15.5. The van der Waals surface area contributed by atoms with Gasteiger partial charge in [-0.05, 0) is 62.2 Å². The Morgan fingerprint density at radius 3 is 2.59 bits per heavy atom. The zero-order valence-corrected chi connectivity index (χ0v) is 15.5. The molecule has 1 amide bonds. The van der Waals surface area contributed by atoms with Crippen molar-refractivity contribution in [2.45, 2.75) is 20.8 Å². The smallest absolute Gasteiger partial charge is 0.338 e. The summed E-state index contributed by atoms with van der Waals surface area (Å²) in [7, 11) is 0. The molecule has 1 heterocycles. The van der Waals surface area contributed by atoms with Gasteiger partial charge in [0, 0.05) is 11.1 Å². The van der Waals surface area contributed by atoms with Crippen molar-refractivity contribution in [1.29, 1.82) is 0 Å². The Labute approximate surface area is 157 Å². The summed E-state index contributed by atoms with van der Waals surface area (Å²) >= 11 is 0. The van der Waals surface area contributed by atoms with E-state index in [1.54, 1.807) is 25.1 Å². The van der Waals surface area contributed by atoms with E-state index in [1.165, 1.54) is 0 Å². The minimum atomic E-state index is -0.598. The second kappa shape index (κ2) is 7.45. The standard InChI is InChI=1S/C21H21N3O3/c1-4-27-21(26)15-9-13(3)18-14(10-15)11-17(19(22)25)20(24-18)23-16-7-5-6-12(2)8-16/h5-11H,4H2,1-3H3,(H2,22,25)(H,23,24). The van der Waals surface area contributed by atoms with E-state index in [0.717, 1.165) is 16.8 Å². The van der Waals surface area contributed by atoms with Gasteiger partial charge in [-0.3, -0.25) is 4.79 Å². The summed E-state index contributed by atoms with van der Waals surface area (Å²) in [6.07, 6.45) is 0. The van der Waals surface area contributed by atoms with Crippen LogP contribution in [0.3, 0.4) is 0 Å². The number of nitrogens with zero attached hydrogens (tertiary/aromatic N) is 1. The second-order valence-electron chi connectivity index (χ2n) is 6.33. The van der Waals surface area contributed by atoms with Gasteiger partial charge < -0.3 is 15.8 Å². The van der Waals surface area contributed by atoms with E-state index in [-0.39, 0.29) is 5.56 Å². The molecule has 0 bridgehead atoms. The molecule has 0 fully saturated rings. The quantitative estimate of drug-likeness (QED) is 0.671. The molecule has 6 nitrogen and oxygen atoms in total. The molecule has 0 unspecified atom stereocenters. The van der Waals surface area contributed by atoms with Gasteiger partial charge in [0.05, 0.1) is 23.3 Å². The number of fused-ring (bicyclic) bond motifs is 1. The summed E-state index contributed by atoms with van der Waals surface area (Å²) in [4.78, 5) is 28.6. The van der Waals surface area contributed by atoms with E-state index in [4.69, 9.17) is 10.5 Å². The monoisotopic (exact) mass is 363 g/mol. The second-order valence-corrected chi connectivity index (χ2v) is 6.33. The molecule has 6 heteroatoms. The highest BCUT2D eigenvalue weighted by molar-refractivity contribution is 6.04. The van der Waals surface area contributed by atoms with Crippen LogP contribution in [0.15, 0.2) is 42.5 Å². The zero-order chi connectivity index (χ0) is 19.6. The lowest BCUT2D eigenvalue weighted by molar-refractivity contribution is 0.0526. The number of primary amides is 1. The number of nitrogens with two attached hydrogens (primary N) is 1. The Kier molecular flexibility index (Phi) is 5.07. The number of hydrogen-bond donors (Lipinski definition) is 2. The molecule has 3 N–H and O–H groups in total. The van der Waals surface area contributed by atoms with Crippen molar-refractivity contribution in [2.75, 3.05) is 11.9 Å². The molecule has 0 saturated heterocycles. The number of esters is 1. The summed E-state index contributed by atoms with van der Waals surface area (Å²) in [5.74, 6) is -0.628. The van der Waals surface area contributed by atoms with Gasteiger partial charge in [0.15, 0.2) is 0 Å². The lowest BCUT2D eigenvalue weighted by atomic mass is 10.0. The molecule has 138 valence electrons. The van der Waals surface area contributed by atoms with Crippen LogP contribution in [0.1, 0.15) is 38.8 Å². The van der Waals surface area contributed by atoms with Crippen molar-refractivity contribution in [3.8, 4) is 0 Å². The number of benzene rings is 2. The lowest BCUT2D eigenvalue weighted by Gasteiger charge is -2.13. The highest BCUT2D eigenvalue weighted by Crippen LogP contribution is 2.27. The first-order chi connectivity index (χ1) is 12.9. The van der Waals surface area contributed by atoms with E-state index in [0.29, 0.717) is 28.9 Å². The average molecular weight is 363 g/mol. The van der Waals surface area contributed by atoms with Crippen molar-refractivity contribution in [1.82, 2.24) is 4.98 Å². The summed E-state index contributed by atoms with van der Waals surface area (Å²) in [5, 5.41) is 3.82. The number of hydrogen-bond acceptors (Lipinski definition) is 5. The minimum Gasteiger partial charge on any atom is -0.462 e. The van der Waals surface area contributed by atoms with E-state index in [1.807, 2.05) is 38.1 Å². The molecule has 0 atom stereocenters. The predicted octanol–water partition coefficient (Wildman–Crippen LogP) is 3.87. The van der Waals surface area contributed by atoms with Crippen LogP contribution in [0.4, 0.5) is 11.5 Å². The molecule has 0 radical (unpaired) electrons. The summed E-state index contributed by atoms with van der Waals surface area (Å²) < 4.78 is 5.06. The third-order valence-corrected chi connectivity index (χ3v) is 4.17. The number of carbonyl (C=O) groups excluding carboxylic acids is 2. The maximum Gasteiger partial charge on any atom is 0.338 e. The Hall–Kier alpha value is -3.41. The molecule has 2 aromatic carbocycles. The van der Waals surface area contributed by atoms with Gasteiger partial charge in [0.1, 0.15) is 5.82 Å². The maximum atomic E-state index is 12.1. The van der Waals surface area contributed by atoms with Crippen molar-refractivity contribution < 1.29 is 14.3 Å². The molecular formula is C21H21N3O3. The van der Waals surface area contributed by atoms with Crippen molar-refractivity contribution in [3.05, 3.63) is 64.7 Å². The first-order valence-electron chi connectivity index (χ1n) is 8.65. The largest absolute Gasteiger partial charge is 0.462 e. The topological polar surface area (TPSA) is 94.3 Å². The SMILES string of the molecule is CCOC(=O)c1cc(C)c2nc(Nc3cccc(C)c3)c(C(N)=O)cc2c1. The highest BCUT2D eigenvalue weighted by Gasteiger charge is 2.16. The number of anilines is 2. The predicted molar refractivity (Wildman–Crippen MR) is 105 cm³/mol. The molecule has 0 spiro atoms. The van der Waals surface area contributed by atoms with Gasteiger partial charge in [-0.1, -0.05) is 12.1 Å². The van der Waals surface area contributed by atoms with Crippen molar-refractivity contribution in [2.24, 2.45) is 5.73 Å². The normalized spacial score (nSPS) is 10.6. The fourth-order valence-electron chi connectivity index (χ4n) is 2.94.